The van der Waals surface area contributed by atoms with Gasteiger partial charge in [0.05, 0.1) is 12.4 Å². The predicted molar refractivity (Wildman–Crippen MR) is 111 cm³/mol. The third-order valence-corrected chi connectivity index (χ3v) is 4.76. The second-order valence-corrected chi connectivity index (χ2v) is 8.05. The quantitative estimate of drug-likeness (QED) is 0.0997. The van der Waals surface area contributed by atoms with Crippen LogP contribution in [0.25, 0.3) is 0 Å². The number of allylic oxidation sites excluding steroid dienone is 1. The van der Waals surface area contributed by atoms with E-state index < -0.39 is 27.8 Å². The maximum absolute atomic E-state index is 11.8. The standard InChI is InChI=1S/C19H34O7S.Na.H/c1-3-5-6-7-8-9-10-11-12-14-18(20)26-17(4-2)19(21)25-15-13-16-27(22,23)24;;/h4H,3,5-16H2,1-2H3,(H,22,23,24);;. The van der Waals surface area contributed by atoms with Crippen LogP contribution in [0.4, 0.5) is 0 Å². The molecule has 9 heteroatoms. The van der Waals surface area contributed by atoms with E-state index in [0.29, 0.717) is 6.42 Å². The van der Waals surface area contributed by atoms with E-state index >= 15 is 0 Å². The van der Waals surface area contributed by atoms with Gasteiger partial charge in [-0.25, -0.2) is 4.79 Å². The van der Waals surface area contributed by atoms with E-state index in [9.17, 15) is 18.0 Å². The van der Waals surface area contributed by atoms with Crippen molar-refractivity contribution in [2.24, 2.45) is 0 Å². The normalized spacial score (nSPS) is 11.6. The van der Waals surface area contributed by atoms with Crippen LogP contribution in [0.3, 0.4) is 0 Å². The summed E-state index contributed by atoms with van der Waals surface area (Å²) in [7, 11) is -4.08. The van der Waals surface area contributed by atoms with Crippen molar-refractivity contribution in [1.82, 2.24) is 0 Å². The van der Waals surface area contributed by atoms with E-state index in [4.69, 9.17) is 14.0 Å². The van der Waals surface area contributed by atoms with Gasteiger partial charge in [0.15, 0.2) is 0 Å². The zero-order valence-corrected chi connectivity index (χ0v) is 17.4. The van der Waals surface area contributed by atoms with Gasteiger partial charge in [-0.2, -0.15) is 8.42 Å². The average Bonchev–Trinajstić information content (AvgIpc) is 2.61. The first-order chi connectivity index (χ1) is 12.8. The van der Waals surface area contributed by atoms with Crippen LogP contribution < -0.4 is 0 Å². The minimum atomic E-state index is -4.08. The fraction of sp³-hybridized carbons (Fsp3) is 0.789. The van der Waals surface area contributed by atoms with Gasteiger partial charge in [-0.1, -0.05) is 58.3 Å². The Morgan fingerprint density at radius 2 is 1.46 bits per heavy atom. The molecule has 0 amide bonds. The molecule has 0 aliphatic heterocycles. The monoisotopic (exact) mass is 430 g/mol. The summed E-state index contributed by atoms with van der Waals surface area (Å²) < 4.78 is 39.6. The van der Waals surface area contributed by atoms with E-state index in [0.717, 1.165) is 12.8 Å². The van der Waals surface area contributed by atoms with Crippen LogP contribution in [0, 0.1) is 0 Å². The molecule has 0 aromatic rings. The number of unbranched alkanes of at least 4 members (excludes halogenated alkanes) is 8. The topological polar surface area (TPSA) is 107 Å². The van der Waals surface area contributed by atoms with E-state index in [-0.39, 0.29) is 54.8 Å². The molecule has 0 atom stereocenters. The second kappa shape index (κ2) is 18.6. The molecule has 0 aromatic carbocycles. The van der Waals surface area contributed by atoms with Crippen molar-refractivity contribution in [2.75, 3.05) is 12.4 Å². The van der Waals surface area contributed by atoms with Crippen molar-refractivity contribution in [3.8, 4) is 0 Å². The van der Waals surface area contributed by atoms with Gasteiger partial charge in [0.1, 0.15) is 0 Å². The Labute approximate surface area is 191 Å². The molecule has 0 heterocycles. The molecule has 0 fully saturated rings. The Morgan fingerprint density at radius 3 is 1.96 bits per heavy atom. The molecule has 28 heavy (non-hydrogen) atoms. The zero-order valence-electron chi connectivity index (χ0n) is 16.6. The van der Waals surface area contributed by atoms with Gasteiger partial charge in [-0.3, -0.25) is 9.35 Å². The van der Waals surface area contributed by atoms with Crippen LogP contribution in [0.5, 0.6) is 0 Å². The summed E-state index contributed by atoms with van der Waals surface area (Å²) in [4.78, 5) is 23.6. The second-order valence-electron chi connectivity index (χ2n) is 6.48. The first kappa shape index (κ1) is 29.8. The van der Waals surface area contributed by atoms with Crippen molar-refractivity contribution in [1.29, 1.82) is 0 Å². The summed E-state index contributed by atoms with van der Waals surface area (Å²) in [6, 6.07) is 0. The Bertz CT molecular complexity index is 559. The van der Waals surface area contributed by atoms with E-state index in [1.165, 1.54) is 44.6 Å². The molecular weight excluding hydrogens is 395 g/mol. The molecule has 0 unspecified atom stereocenters. The van der Waals surface area contributed by atoms with Crippen molar-refractivity contribution in [3.63, 3.8) is 0 Å². The number of hydrogen-bond donors (Lipinski definition) is 1. The number of carbonyl (C=O) groups excluding carboxylic acids is 2. The molecule has 0 bridgehead atoms. The molecule has 0 saturated carbocycles. The van der Waals surface area contributed by atoms with E-state index in [1.54, 1.807) is 6.92 Å². The number of ether oxygens (including phenoxy) is 2. The summed E-state index contributed by atoms with van der Waals surface area (Å²) in [5.74, 6) is -2.01. The first-order valence-corrected chi connectivity index (χ1v) is 11.4. The van der Waals surface area contributed by atoms with Gasteiger partial charge < -0.3 is 9.47 Å². The summed E-state index contributed by atoms with van der Waals surface area (Å²) in [5, 5.41) is 0. The van der Waals surface area contributed by atoms with Crippen LogP contribution in [-0.2, 0) is 29.2 Å². The van der Waals surface area contributed by atoms with E-state index in [2.05, 4.69) is 6.92 Å². The summed E-state index contributed by atoms with van der Waals surface area (Å²) in [5.41, 5.74) is 0. The molecule has 7 nitrogen and oxygen atoms in total. The van der Waals surface area contributed by atoms with Crippen LogP contribution in [-0.4, -0.2) is 66.8 Å². The van der Waals surface area contributed by atoms with Crippen LogP contribution >= 0.6 is 0 Å². The minimum absolute atomic E-state index is 0. The molecular formula is C19H35NaO7S. The SMILES string of the molecule is CC=C(OC(=O)CCCCCCCCCCC)C(=O)OCCCS(=O)(=O)O.[NaH]. The molecule has 0 rings (SSSR count). The van der Waals surface area contributed by atoms with Crippen molar-refractivity contribution >= 4 is 51.6 Å². The van der Waals surface area contributed by atoms with Gasteiger partial charge in [-0.15, -0.1) is 0 Å². The molecule has 160 valence electrons. The third-order valence-electron chi connectivity index (χ3n) is 3.95. The molecule has 0 saturated heterocycles. The Morgan fingerprint density at radius 1 is 0.929 bits per heavy atom. The number of hydrogen-bond acceptors (Lipinski definition) is 6. The van der Waals surface area contributed by atoms with Crippen molar-refractivity contribution in [2.45, 2.75) is 84.5 Å². The molecule has 0 aliphatic rings. The summed E-state index contributed by atoms with van der Waals surface area (Å²) in [6.07, 6.45) is 11.8. The fourth-order valence-electron chi connectivity index (χ4n) is 2.45. The van der Waals surface area contributed by atoms with Gasteiger partial charge in [-0.05, 0) is 25.8 Å². The maximum atomic E-state index is 11.8. The molecule has 0 aromatic heterocycles. The van der Waals surface area contributed by atoms with Gasteiger partial charge in [0.25, 0.3) is 10.1 Å². The van der Waals surface area contributed by atoms with Crippen LogP contribution in [0.2, 0.25) is 0 Å². The van der Waals surface area contributed by atoms with Gasteiger partial charge in [0, 0.05) is 6.42 Å². The summed E-state index contributed by atoms with van der Waals surface area (Å²) >= 11 is 0. The van der Waals surface area contributed by atoms with E-state index in [1.807, 2.05) is 0 Å². The molecule has 0 aliphatic carbocycles. The van der Waals surface area contributed by atoms with Crippen LogP contribution in [0.1, 0.15) is 84.5 Å². The van der Waals surface area contributed by atoms with Gasteiger partial charge >= 0.3 is 41.5 Å². The molecule has 0 spiro atoms. The average molecular weight is 431 g/mol. The first-order valence-electron chi connectivity index (χ1n) is 9.79. The number of esters is 2. The fourth-order valence-corrected chi connectivity index (χ4v) is 2.93. The van der Waals surface area contributed by atoms with Crippen molar-refractivity contribution < 1.29 is 32.0 Å². The summed E-state index contributed by atoms with van der Waals surface area (Å²) in [6.45, 7) is 3.55. The number of rotatable bonds is 16. The molecule has 0 radical (unpaired) electrons. The van der Waals surface area contributed by atoms with Crippen molar-refractivity contribution in [3.05, 3.63) is 11.8 Å². The predicted octanol–water partition coefficient (Wildman–Crippen LogP) is 3.53. The Kier molecular flexibility index (Phi) is 19.8. The third kappa shape index (κ3) is 18.9. The Hall–Kier alpha value is -0.410. The zero-order chi connectivity index (χ0) is 20.5. The Balaban J connectivity index is 0. The number of carbonyl (C=O) groups is 2. The molecule has 1 N–H and O–H groups in total. The van der Waals surface area contributed by atoms with Crippen LogP contribution in [0.15, 0.2) is 11.8 Å². The van der Waals surface area contributed by atoms with Gasteiger partial charge in [0.2, 0.25) is 5.76 Å².